The molecule has 128 valence electrons. The summed E-state index contributed by atoms with van der Waals surface area (Å²) in [4.78, 5) is 17.2. The van der Waals surface area contributed by atoms with Gasteiger partial charge in [-0.3, -0.25) is 9.79 Å². The average Bonchev–Trinajstić information content (AvgIpc) is 3.03. The molecule has 1 aliphatic carbocycles. The molecule has 3 heterocycles. The van der Waals surface area contributed by atoms with Gasteiger partial charge in [-0.1, -0.05) is 30.4 Å². The number of primary amides is 1. The molecule has 2 aromatic heterocycles. The maximum absolute atomic E-state index is 12.1. The molecule has 1 amide bonds. The van der Waals surface area contributed by atoms with Crippen molar-refractivity contribution in [3.63, 3.8) is 0 Å². The van der Waals surface area contributed by atoms with Crippen molar-refractivity contribution in [2.24, 2.45) is 16.6 Å². The maximum atomic E-state index is 12.1. The molecule has 0 saturated heterocycles. The van der Waals surface area contributed by atoms with Crippen LogP contribution in [0, 0.1) is 5.92 Å². The van der Waals surface area contributed by atoms with E-state index < -0.39 is 5.91 Å². The first-order valence-electron chi connectivity index (χ1n) is 8.87. The standard InChI is InChI=1S/C21H18N4O/c22-21(26)16-12-23-25-11-10-15-19(13-6-2-1-3-7-13)24-17-9-5-4-8-14(17)18(16)20(15)25/h1-2,4-5,8-13H,3,6-7H2,(H2,22,26). The second-order valence-electron chi connectivity index (χ2n) is 6.82. The minimum Gasteiger partial charge on any atom is -0.366 e. The van der Waals surface area contributed by atoms with Crippen LogP contribution in [0.25, 0.3) is 16.6 Å². The maximum Gasteiger partial charge on any atom is 0.251 e. The normalized spacial score (nSPS) is 18.3. The van der Waals surface area contributed by atoms with Crippen molar-refractivity contribution in [3.8, 4) is 11.1 Å². The zero-order valence-corrected chi connectivity index (χ0v) is 14.2. The molecule has 0 fully saturated rings. The van der Waals surface area contributed by atoms with Gasteiger partial charge >= 0.3 is 0 Å². The molecule has 1 atom stereocenters. The van der Waals surface area contributed by atoms with Gasteiger partial charge in [0, 0.05) is 28.8 Å². The summed E-state index contributed by atoms with van der Waals surface area (Å²) < 4.78 is 1.83. The average molecular weight is 342 g/mol. The predicted octanol–water partition coefficient (Wildman–Crippen LogP) is 3.89. The summed E-state index contributed by atoms with van der Waals surface area (Å²) in [5.74, 6) is -0.108. The van der Waals surface area contributed by atoms with E-state index in [-0.39, 0.29) is 0 Å². The zero-order valence-electron chi connectivity index (χ0n) is 14.2. The smallest absolute Gasteiger partial charge is 0.251 e. The van der Waals surface area contributed by atoms with E-state index in [1.165, 1.54) is 0 Å². The predicted molar refractivity (Wildman–Crippen MR) is 102 cm³/mol. The van der Waals surface area contributed by atoms with Crippen molar-refractivity contribution in [2.75, 3.05) is 0 Å². The molecule has 3 aromatic rings. The summed E-state index contributed by atoms with van der Waals surface area (Å²) in [5.41, 5.74) is 11.8. The van der Waals surface area contributed by atoms with Gasteiger partial charge in [0.1, 0.15) is 0 Å². The van der Waals surface area contributed by atoms with E-state index in [0.717, 1.165) is 52.9 Å². The molecule has 0 bridgehead atoms. The van der Waals surface area contributed by atoms with Crippen LogP contribution in [0.15, 0.2) is 59.9 Å². The highest BCUT2D eigenvalue weighted by molar-refractivity contribution is 6.17. The first-order chi connectivity index (χ1) is 12.7. The number of fused-ring (bicyclic) bond motifs is 2. The highest BCUT2D eigenvalue weighted by Gasteiger charge is 2.28. The number of allylic oxidation sites excluding steroid dienone is 2. The third-order valence-corrected chi connectivity index (χ3v) is 5.30. The summed E-state index contributed by atoms with van der Waals surface area (Å²) >= 11 is 0. The number of rotatable bonds is 2. The summed E-state index contributed by atoms with van der Waals surface area (Å²) in [6.45, 7) is 0. The number of hydrogen-bond donors (Lipinski definition) is 1. The van der Waals surface area contributed by atoms with Gasteiger partial charge in [0.25, 0.3) is 5.91 Å². The molecular weight excluding hydrogens is 324 g/mol. The van der Waals surface area contributed by atoms with Crippen molar-refractivity contribution >= 4 is 22.8 Å². The number of nitrogens with zero attached hydrogens (tertiary/aromatic N) is 3. The zero-order chi connectivity index (χ0) is 17.7. The molecule has 0 radical (unpaired) electrons. The van der Waals surface area contributed by atoms with Gasteiger partial charge in [0.2, 0.25) is 0 Å². The van der Waals surface area contributed by atoms with Crippen LogP contribution in [0.4, 0.5) is 5.69 Å². The number of carbonyl (C=O) groups is 1. The molecule has 0 saturated carbocycles. The highest BCUT2D eigenvalue weighted by Crippen LogP contribution is 2.41. The molecule has 1 aromatic carbocycles. The number of nitrogens with two attached hydrogens (primary N) is 1. The Morgan fingerprint density at radius 1 is 1.15 bits per heavy atom. The lowest BCUT2D eigenvalue weighted by Crippen LogP contribution is -2.17. The first kappa shape index (κ1) is 15.1. The van der Waals surface area contributed by atoms with E-state index in [1.54, 1.807) is 6.20 Å². The quantitative estimate of drug-likeness (QED) is 0.718. The molecule has 0 spiro atoms. The Kier molecular flexibility index (Phi) is 3.28. The molecule has 5 nitrogen and oxygen atoms in total. The molecule has 5 rings (SSSR count). The summed E-state index contributed by atoms with van der Waals surface area (Å²) in [6.07, 6.45) is 11.1. The van der Waals surface area contributed by atoms with Crippen molar-refractivity contribution in [2.45, 2.75) is 19.3 Å². The van der Waals surface area contributed by atoms with E-state index in [0.29, 0.717) is 11.5 Å². The van der Waals surface area contributed by atoms with Gasteiger partial charge in [-0.2, -0.15) is 5.10 Å². The lowest BCUT2D eigenvalue weighted by molar-refractivity contribution is 0.100. The van der Waals surface area contributed by atoms with E-state index >= 15 is 0 Å². The molecular formula is C21H18N4O. The number of aromatic nitrogens is 2. The Labute approximate surface area is 150 Å². The van der Waals surface area contributed by atoms with E-state index in [4.69, 9.17) is 10.7 Å². The monoisotopic (exact) mass is 342 g/mol. The molecule has 26 heavy (non-hydrogen) atoms. The number of hydrogen-bond acceptors (Lipinski definition) is 3. The largest absolute Gasteiger partial charge is 0.366 e. The Morgan fingerprint density at radius 3 is 2.85 bits per heavy atom. The van der Waals surface area contributed by atoms with E-state index in [2.05, 4.69) is 23.3 Å². The van der Waals surface area contributed by atoms with Crippen molar-refractivity contribution in [1.82, 2.24) is 9.61 Å². The third-order valence-electron chi connectivity index (χ3n) is 5.30. The van der Waals surface area contributed by atoms with Crippen LogP contribution in [0.1, 0.15) is 35.2 Å². The lowest BCUT2D eigenvalue weighted by Gasteiger charge is -2.19. The molecule has 2 aliphatic rings. The number of benzene rings is 1. The van der Waals surface area contributed by atoms with Crippen molar-refractivity contribution < 1.29 is 4.79 Å². The second kappa shape index (κ2) is 5.66. The fourth-order valence-corrected chi connectivity index (χ4v) is 4.07. The highest BCUT2D eigenvalue weighted by atomic mass is 16.1. The lowest BCUT2D eigenvalue weighted by atomic mass is 9.86. The van der Waals surface area contributed by atoms with Crippen LogP contribution >= 0.6 is 0 Å². The Bertz CT molecular complexity index is 1110. The van der Waals surface area contributed by atoms with Gasteiger partial charge < -0.3 is 5.73 Å². The fourth-order valence-electron chi connectivity index (χ4n) is 4.07. The Balaban J connectivity index is 1.89. The summed E-state index contributed by atoms with van der Waals surface area (Å²) in [7, 11) is 0. The minimum atomic E-state index is -0.471. The van der Waals surface area contributed by atoms with Crippen LogP contribution in [0.2, 0.25) is 0 Å². The molecule has 5 heteroatoms. The number of amides is 1. The van der Waals surface area contributed by atoms with Gasteiger partial charge in [-0.15, -0.1) is 0 Å². The van der Waals surface area contributed by atoms with Gasteiger partial charge in [0.05, 0.1) is 28.7 Å². The summed E-state index contributed by atoms with van der Waals surface area (Å²) in [6, 6.07) is 10.0. The fraction of sp³-hybridized carbons (Fsp3) is 0.190. The van der Waals surface area contributed by atoms with Crippen LogP contribution in [0.5, 0.6) is 0 Å². The first-order valence-corrected chi connectivity index (χ1v) is 8.87. The second-order valence-corrected chi connectivity index (χ2v) is 6.82. The van der Waals surface area contributed by atoms with Crippen LogP contribution in [0.3, 0.4) is 0 Å². The van der Waals surface area contributed by atoms with Gasteiger partial charge in [0.15, 0.2) is 0 Å². The number of aliphatic imine (C=N–C) groups is 1. The van der Waals surface area contributed by atoms with Gasteiger partial charge in [-0.25, -0.2) is 4.52 Å². The molecule has 2 N–H and O–H groups in total. The molecule has 1 unspecified atom stereocenters. The number of para-hydroxylation sites is 1. The summed E-state index contributed by atoms with van der Waals surface area (Å²) in [5, 5.41) is 4.41. The Hall–Kier alpha value is -3.21. The van der Waals surface area contributed by atoms with Gasteiger partial charge in [-0.05, 0) is 31.4 Å². The van der Waals surface area contributed by atoms with Crippen LogP contribution in [-0.4, -0.2) is 21.2 Å². The SMILES string of the molecule is NC(=O)c1cnn2ccc3c2c1-c1ccccc1N=C3C1CC=CCC1. The van der Waals surface area contributed by atoms with Crippen molar-refractivity contribution in [3.05, 3.63) is 66.0 Å². The van der Waals surface area contributed by atoms with E-state index in [9.17, 15) is 4.79 Å². The minimum absolute atomic E-state index is 0.363. The van der Waals surface area contributed by atoms with Crippen LogP contribution in [-0.2, 0) is 0 Å². The molecule has 1 aliphatic heterocycles. The van der Waals surface area contributed by atoms with Crippen LogP contribution < -0.4 is 5.73 Å². The Morgan fingerprint density at radius 2 is 2.04 bits per heavy atom. The topological polar surface area (TPSA) is 72.8 Å². The van der Waals surface area contributed by atoms with E-state index in [1.807, 2.05) is 35.0 Å². The third kappa shape index (κ3) is 2.13. The number of carbonyl (C=O) groups excluding carboxylic acids is 1. The van der Waals surface area contributed by atoms with Crippen molar-refractivity contribution in [1.29, 1.82) is 0 Å².